The molecule has 19 heavy (non-hydrogen) atoms. The van der Waals surface area contributed by atoms with E-state index in [1.54, 1.807) is 12.1 Å². The zero-order valence-corrected chi connectivity index (χ0v) is 12.7. The molecule has 1 aromatic heterocycles. The molecule has 1 saturated heterocycles. The van der Waals surface area contributed by atoms with Crippen LogP contribution in [0.25, 0.3) is 0 Å². The Hall–Kier alpha value is -0.720. The fourth-order valence-electron chi connectivity index (χ4n) is 2.05. The standard InChI is InChI=1S/C12H14ClNO3S2/c1-2-3-10-14(7(6-18-10)12(16)17)11(15)8-4-5-9(13)19-8/h4-5,7,10H,2-3,6H2,1H3,(H,16,17). The van der Waals surface area contributed by atoms with Crippen LogP contribution in [-0.4, -0.2) is 39.1 Å². The summed E-state index contributed by atoms with van der Waals surface area (Å²) in [6.45, 7) is 2.03. The number of thiophene rings is 1. The molecular weight excluding hydrogens is 306 g/mol. The van der Waals surface area contributed by atoms with E-state index in [0.29, 0.717) is 15.0 Å². The van der Waals surface area contributed by atoms with Gasteiger partial charge >= 0.3 is 5.97 Å². The maximum atomic E-state index is 12.5. The first-order chi connectivity index (χ1) is 9.04. The van der Waals surface area contributed by atoms with E-state index in [0.717, 1.165) is 12.8 Å². The Morgan fingerprint density at radius 3 is 2.79 bits per heavy atom. The van der Waals surface area contributed by atoms with Gasteiger partial charge in [0.05, 0.1) is 14.6 Å². The van der Waals surface area contributed by atoms with Crippen LogP contribution >= 0.6 is 34.7 Å². The highest BCUT2D eigenvalue weighted by Crippen LogP contribution is 2.35. The Balaban J connectivity index is 2.25. The maximum Gasteiger partial charge on any atom is 0.327 e. The van der Waals surface area contributed by atoms with Crippen molar-refractivity contribution in [2.45, 2.75) is 31.2 Å². The lowest BCUT2D eigenvalue weighted by atomic mass is 10.2. The van der Waals surface area contributed by atoms with Gasteiger partial charge in [0.1, 0.15) is 6.04 Å². The number of rotatable bonds is 4. The SMILES string of the molecule is CCCC1SCC(C(=O)O)N1C(=O)c1ccc(Cl)s1. The minimum Gasteiger partial charge on any atom is -0.480 e. The molecule has 0 saturated carbocycles. The number of halogens is 1. The lowest BCUT2D eigenvalue weighted by Crippen LogP contribution is -2.45. The fourth-order valence-corrected chi connectivity index (χ4v) is 4.55. The van der Waals surface area contributed by atoms with Gasteiger partial charge in [-0.25, -0.2) is 4.79 Å². The number of aliphatic carboxylic acids is 1. The van der Waals surface area contributed by atoms with E-state index in [1.165, 1.54) is 28.0 Å². The van der Waals surface area contributed by atoms with Crippen LogP contribution in [0.2, 0.25) is 4.34 Å². The molecule has 2 rings (SSSR count). The predicted octanol–water partition coefficient (Wildman–Crippen LogP) is 3.17. The van der Waals surface area contributed by atoms with E-state index in [1.807, 2.05) is 6.92 Å². The summed E-state index contributed by atoms with van der Waals surface area (Å²) in [4.78, 5) is 25.7. The molecule has 0 bridgehead atoms. The van der Waals surface area contributed by atoms with Gasteiger partial charge in [0.25, 0.3) is 5.91 Å². The molecule has 4 nitrogen and oxygen atoms in total. The minimum absolute atomic E-state index is 0.0560. The average Bonchev–Trinajstić information content (AvgIpc) is 2.95. The van der Waals surface area contributed by atoms with E-state index in [4.69, 9.17) is 11.6 Å². The Bertz CT molecular complexity index is 491. The number of carboxylic acids is 1. The summed E-state index contributed by atoms with van der Waals surface area (Å²) in [5.41, 5.74) is 0. The van der Waals surface area contributed by atoms with Crippen LogP contribution in [0, 0.1) is 0 Å². The molecule has 1 N–H and O–H groups in total. The minimum atomic E-state index is -0.942. The number of thioether (sulfide) groups is 1. The van der Waals surface area contributed by atoms with Crippen LogP contribution in [-0.2, 0) is 4.79 Å². The molecule has 1 aliphatic rings. The number of nitrogens with zero attached hydrogens (tertiary/aromatic N) is 1. The van der Waals surface area contributed by atoms with E-state index in [9.17, 15) is 14.7 Å². The number of hydrogen-bond donors (Lipinski definition) is 1. The Morgan fingerprint density at radius 1 is 1.53 bits per heavy atom. The molecule has 7 heteroatoms. The molecule has 2 atom stereocenters. The van der Waals surface area contributed by atoms with Crippen LogP contribution in [0.5, 0.6) is 0 Å². The van der Waals surface area contributed by atoms with Gasteiger partial charge in [-0.1, -0.05) is 24.9 Å². The van der Waals surface area contributed by atoms with Crippen molar-refractivity contribution < 1.29 is 14.7 Å². The fraction of sp³-hybridized carbons (Fsp3) is 0.500. The number of carboxylic acid groups (broad SMARTS) is 1. The lowest BCUT2D eigenvalue weighted by Gasteiger charge is -2.26. The van der Waals surface area contributed by atoms with Crippen molar-refractivity contribution in [3.63, 3.8) is 0 Å². The molecule has 2 heterocycles. The summed E-state index contributed by atoms with van der Waals surface area (Å²) in [5.74, 6) is -0.722. The summed E-state index contributed by atoms with van der Waals surface area (Å²) in [5, 5.41) is 9.18. The van der Waals surface area contributed by atoms with Gasteiger partial charge in [0, 0.05) is 5.75 Å². The van der Waals surface area contributed by atoms with Crippen LogP contribution < -0.4 is 0 Å². The van der Waals surface area contributed by atoms with Crippen molar-refractivity contribution in [1.29, 1.82) is 0 Å². The predicted molar refractivity (Wildman–Crippen MR) is 78.1 cm³/mol. The molecule has 0 aliphatic carbocycles. The number of amides is 1. The Labute approximate surface area is 124 Å². The van der Waals surface area contributed by atoms with Gasteiger partial charge in [-0.05, 0) is 18.6 Å². The molecule has 104 valence electrons. The summed E-state index contributed by atoms with van der Waals surface area (Å²) in [6, 6.07) is 2.57. The van der Waals surface area contributed by atoms with Gasteiger partial charge in [-0.2, -0.15) is 0 Å². The van der Waals surface area contributed by atoms with Crippen molar-refractivity contribution in [1.82, 2.24) is 4.90 Å². The number of hydrogen-bond acceptors (Lipinski definition) is 4. The molecular formula is C12H14ClNO3S2. The van der Waals surface area contributed by atoms with E-state index >= 15 is 0 Å². The molecule has 0 radical (unpaired) electrons. The van der Waals surface area contributed by atoms with Crippen molar-refractivity contribution in [2.24, 2.45) is 0 Å². The summed E-state index contributed by atoms with van der Waals surface area (Å²) in [6.07, 6.45) is 1.72. The smallest absolute Gasteiger partial charge is 0.327 e. The van der Waals surface area contributed by atoms with Gasteiger partial charge in [0.2, 0.25) is 0 Å². The number of carbonyl (C=O) groups excluding carboxylic acids is 1. The quantitative estimate of drug-likeness (QED) is 0.926. The van der Waals surface area contributed by atoms with E-state index < -0.39 is 12.0 Å². The van der Waals surface area contributed by atoms with Crippen molar-refractivity contribution >= 4 is 46.6 Å². The van der Waals surface area contributed by atoms with Crippen LogP contribution in [0.4, 0.5) is 0 Å². The zero-order valence-electron chi connectivity index (χ0n) is 10.3. The van der Waals surface area contributed by atoms with Crippen LogP contribution in [0.3, 0.4) is 0 Å². The molecule has 0 aromatic carbocycles. The highest BCUT2D eigenvalue weighted by molar-refractivity contribution is 8.00. The normalized spacial score (nSPS) is 22.7. The third kappa shape index (κ3) is 3.07. The second-order valence-corrected chi connectivity index (χ2v) is 7.17. The highest BCUT2D eigenvalue weighted by atomic mass is 35.5. The van der Waals surface area contributed by atoms with Crippen LogP contribution in [0.1, 0.15) is 29.4 Å². The summed E-state index contributed by atoms with van der Waals surface area (Å²) in [7, 11) is 0. The monoisotopic (exact) mass is 319 g/mol. The molecule has 1 aromatic rings. The lowest BCUT2D eigenvalue weighted by molar-refractivity contribution is -0.141. The molecule has 0 spiro atoms. The van der Waals surface area contributed by atoms with Crippen molar-refractivity contribution in [3.8, 4) is 0 Å². The third-order valence-electron chi connectivity index (χ3n) is 2.93. The maximum absolute atomic E-state index is 12.5. The van der Waals surface area contributed by atoms with Gasteiger partial charge in [0.15, 0.2) is 0 Å². The average molecular weight is 320 g/mol. The van der Waals surface area contributed by atoms with Gasteiger partial charge in [-0.15, -0.1) is 23.1 Å². The highest BCUT2D eigenvalue weighted by Gasteiger charge is 2.41. The largest absolute Gasteiger partial charge is 0.480 e. The van der Waals surface area contributed by atoms with E-state index in [2.05, 4.69) is 0 Å². The van der Waals surface area contributed by atoms with Crippen molar-refractivity contribution in [2.75, 3.05) is 5.75 Å². The summed E-state index contributed by atoms with van der Waals surface area (Å²) < 4.78 is 0.536. The first-order valence-corrected chi connectivity index (χ1v) is 8.21. The molecule has 1 aliphatic heterocycles. The summed E-state index contributed by atoms with van der Waals surface area (Å²) >= 11 is 8.56. The topological polar surface area (TPSA) is 57.6 Å². The molecule has 1 amide bonds. The van der Waals surface area contributed by atoms with Crippen molar-refractivity contribution in [3.05, 3.63) is 21.3 Å². The third-order valence-corrected chi connectivity index (χ3v) is 5.51. The molecule has 2 unspecified atom stereocenters. The first-order valence-electron chi connectivity index (χ1n) is 5.97. The first kappa shape index (κ1) is 14.7. The molecule has 1 fully saturated rings. The van der Waals surface area contributed by atoms with Gasteiger partial charge < -0.3 is 10.0 Å². The van der Waals surface area contributed by atoms with Gasteiger partial charge in [-0.3, -0.25) is 4.79 Å². The second-order valence-electron chi connectivity index (χ2n) is 4.25. The van der Waals surface area contributed by atoms with E-state index in [-0.39, 0.29) is 11.3 Å². The Morgan fingerprint density at radius 2 is 2.26 bits per heavy atom. The second kappa shape index (κ2) is 6.15. The number of carbonyl (C=O) groups is 2. The zero-order chi connectivity index (χ0) is 14.0. The van der Waals surface area contributed by atoms with Crippen LogP contribution in [0.15, 0.2) is 12.1 Å². The Kier molecular flexibility index (Phi) is 4.76.